The summed E-state index contributed by atoms with van der Waals surface area (Å²) >= 11 is 0. The molecule has 0 amide bonds. The van der Waals surface area contributed by atoms with E-state index in [9.17, 15) is 0 Å². The van der Waals surface area contributed by atoms with E-state index in [0.717, 1.165) is 25.5 Å². The molecular formula is C17H34N2O. The van der Waals surface area contributed by atoms with Gasteiger partial charge in [0.05, 0.1) is 5.60 Å². The number of hydrogen-bond acceptors (Lipinski definition) is 3. The lowest BCUT2D eigenvalue weighted by molar-refractivity contribution is -0.0864. The Balaban J connectivity index is 1.76. The summed E-state index contributed by atoms with van der Waals surface area (Å²) in [5, 5.41) is 0. The predicted molar refractivity (Wildman–Crippen MR) is 84.9 cm³/mol. The molecule has 1 saturated heterocycles. The summed E-state index contributed by atoms with van der Waals surface area (Å²) in [5.41, 5.74) is 6.49. The Hall–Kier alpha value is -0.120. The van der Waals surface area contributed by atoms with Crippen LogP contribution in [0.2, 0.25) is 0 Å². The van der Waals surface area contributed by atoms with E-state index >= 15 is 0 Å². The van der Waals surface area contributed by atoms with Gasteiger partial charge >= 0.3 is 0 Å². The minimum Gasteiger partial charge on any atom is -0.374 e. The fourth-order valence-electron chi connectivity index (χ4n) is 3.71. The van der Waals surface area contributed by atoms with Crippen LogP contribution >= 0.6 is 0 Å². The first kappa shape index (κ1) is 16.3. The van der Waals surface area contributed by atoms with E-state index < -0.39 is 0 Å². The van der Waals surface area contributed by atoms with Crippen LogP contribution in [0, 0.1) is 5.41 Å². The number of nitrogens with zero attached hydrogens (tertiary/aromatic N) is 1. The average molecular weight is 282 g/mol. The van der Waals surface area contributed by atoms with E-state index in [-0.39, 0.29) is 5.60 Å². The second-order valence-electron chi connectivity index (χ2n) is 7.82. The normalized spacial score (nSPS) is 30.3. The summed E-state index contributed by atoms with van der Waals surface area (Å²) in [6, 6.07) is 0.721. The third kappa shape index (κ3) is 4.19. The van der Waals surface area contributed by atoms with E-state index in [1.807, 2.05) is 0 Å². The zero-order valence-electron chi connectivity index (χ0n) is 13.8. The zero-order valence-corrected chi connectivity index (χ0v) is 13.8. The smallest absolute Gasteiger partial charge is 0.0804 e. The second kappa shape index (κ2) is 6.76. The molecule has 2 fully saturated rings. The van der Waals surface area contributed by atoms with Crippen LogP contribution in [-0.4, -0.2) is 43.3 Å². The Morgan fingerprint density at radius 3 is 2.45 bits per heavy atom. The Kier molecular flexibility index (Phi) is 5.49. The summed E-state index contributed by atoms with van der Waals surface area (Å²) < 4.78 is 6.31. The van der Waals surface area contributed by atoms with Crippen molar-refractivity contribution in [3.05, 3.63) is 0 Å². The zero-order chi connectivity index (χ0) is 14.6. The van der Waals surface area contributed by atoms with Crippen molar-refractivity contribution in [2.45, 2.75) is 76.9 Å². The quantitative estimate of drug-likeness (QED) is 0.841. The van der Waals surface area contributed by atoms with Gasteiger partial charge in [-0.3, -0.25) is 0 Å². The molecule has 1 unspecified atom stereocenters. The highest BCUT2D eigenvalue weighted by Gasteiger charge is 2.38. The number of ether oxygens (including phenoxy) is 1. The lowest BCUT2D eigenvalue weighted by atomic mass is 9.71. The van der Waals surface area contributed by atoms with Crippen molar-refractivity contribution in [3.8, 4) is 0 Å². The summed E-state index contributed by atoms with van der Waals surface area (Å²) in [4.78, 5) is 2.51. The third-order valence-corrected chi connectivity index (χ3v) is 5.67. The maximum absolute atomic E-state index is 6.31. The Morgan fingerprint density at radius 1 is 1.15 bits per heavy atom. The van der Waals surface area contributed by atoms with Crippen molar-refractivity contribution in [3.63, 3.8) is 0 Å². The molecule has 1 atom stereocenters. The van der Waals surface area contributed by atoms with E-state index in [2.05, 4.69) is 25.8 Å². The fourth-order valence-corrected chi connectivity index (χ4v) is 3.71. The van der Waals surface area contributed by atoms with Gasteiger partial charge < -0.3 is 15.4 Å². The lowest BCUT2D eigenvalue weighted by Gasteiger charge is -2.43. The van der Waals surface area contributed by atoms with Gasteiger partial charge in [-0.25, -0.2) is 0 Å². The minimum atomic E-state index is -0.0250. The first-order valence-electron chi connectivity index (χ1n) is 8.51. The highest BCUT2D eigenvalue weighted by Crippen LogP contribution is 2.41. The molecule has 0 aromatic rings. The highest BCUT2D eigenvalue weighted by atomic mass is 16.5. The predicted octanol–water partition coefficient (Wildman–Crippen LogP) is 3.18. The molecule has 1 heterocycles. The number of piperidine rings is 1. The largest absolute Gasteiger partial charge is 0.374 e. The van der Waals surface area contributed by atoms with Gasteiger partial charge in [0.1, 0.15) is 0 Å². The molecule has 2 N–H and O–H groups in total. The van der Waals surface area contributed by atoms with Crippen LogP contribution in [0.4, 0.5) is 0 Å². The van der Waals surface area contributed by atoms with Crippen molar-refractivity contribution in [2.75, 3.05) is 26.7 Å². The first-order chi connectivity index (χ1) is 9.46. The summed E-state index contributed by atoms with van der Waals surface area (Å²) in [7, 11) is 2.26. The molecule has 3 heteroatoms. The van der Waals surface area contributed by atoms with Gasteiger partial charge in [-0.15, -0.1) is 0 Å². The van der Waals surface area contributed by atoms with Crippen LogP contribution in [0.15, 0.2) is 0 Å². The minimum absolute atomic E-state index is 0.0250. The monoisotopic (exact) mass is 282 g/mol. The summed E-state index contributed by atoms with van der Waals surface area (Å²) in [6.45, 7) is 7.55. The molecule has 1 aliphatic carbocycles. The molecule has 20 heavy (non-hydrogen) atoms. The maximum Gasteiger partial charge on any atom is 0.0804 e. The molecule has 3 nitrogen and oxygen atoms in total. The molecule has 2 aliphatic rings. The molecule has 0 spiro atoms. The number of likely N-dealkylation sites (tertiary alicyclic amines) is 1. The Bertz CT molecular complexity index is 293. The maximum atomic E-state index is 6.31. The van der Waals surface area contributed by atoms with Crippen LogP contribution in [0.3, 0.4) is 0 Å². The van der Waals surface area contributed by atoms with Crippen molar-refractivity contribution >= 4 is 0 Å². The molecule has 1 aliphatic heterocycles. The Morgan fingerprint density at radius 2 is 1.85 bits per heavy atom. The van der Waals surface area contributed by atoms with Crippen LogP contribution in [0.5, 0.6) is 0 Å². The number of hydrogen-bond donors (Lipinski definition) is 1. The van der Waals surface area contributed by atoms with E-state index in [1.54, 1.807) is 0 Å². The first-order valence-corrected chi connectivity index (χ1v) is 8.51. The summed E-state index contributed by atoms with van der Waals surface area (Å²) in [6.07, 6.45) is 10.0. The van der Waals surface area contributed by atoms with Crippen molar-refractivity contribution in [1.82, 2.24) is 4.90 Å². The molecule has 0 aromatic heterocycles. The van der Waals surface area contributed by atoms with Crippen molar-refractivity contribution in [1.29, 1.82) is 0 Å². The number of rotatable bonds is 5. The van der Waals surface area contributed by atoms with Crippen LogP contribution in [0.1, 0.15) is 65.2 Å². The van der Waals surface area contributed by atoms with Gasteiger partial charge in [-0.1, -0.05) is 20.3 Å². The van der Waals surface area contributed by atoms with E-state index in [0.29, 0.717) is 12.0 Å². The van der Waals surface area contributed by atoms with Gasteiger partial charge in [0.25, 0.3) is 0 Å². The molecule has 0 bridgehead atoms. The topological polar surface area (TPSA) is 38.5 Å². The van der Waals surface area contributed by atoms with Gasteiger partial charge in [-0.2, -0.15) is 0 Å². The van der Waals surface area contributed by atoms with Crippen LogP contribution in [0.25, 0.3) is 0 Å². The van der Waals surface area contributed by atoms with Gasteiger partial charge in [-0.05, 0) is 64.0 Å². The summed E-state index contributed by atoms with van der Waals surface area (Å²) in [5.74, 6) is 0. The SMILES string of the molecule is CN1CCCCC1CCOC1(CN)CCC(C)(C)CC1. The Labute approximate surface area is 125 Å². The van der Waals surface area contributed by atoms with Crippen molar-refractivity contribution < 1.29 is 4.74 Å². The second-order valence-corrected chi connectivity index (χ2v) is 7.82. The number of nitrogens with two attached hydrogens (primary N) is 1. The molecule has 118 valence electrons. The van der Waals surface area contributed by atoms with Gasteiger partial charge in [0.15, 0.2) is 0 Å². The molecular weight excluding hydrogens is 248 g/mol. The van der Waals surface area contributed by atoms with E-state index in [1.165, 1.54) is 45.1 Å². The third-order valence-electron chi connectivity index (χ3n) is 5.67. The molecule has 0 radical (unpaired) electrons. The molecule has 2 rings (SSSR count). The van der Waals surface area contributed by atoms with Crippen LogP contribution < -0.4 is 5.73 Å². The lowest BCUT2D eigenvalue weighted by Crippen LogP contribution is -2.46. The average Bonchev–Trinajstić information content (AvgIpc) is 2.43. The molecule has 1 saturated carbocycles. The van der Waals surface area contributed by atoms with Gasteiger partial charge in [0.2, 0.25) is 0 Å². The van der Waals surface area contributed by atoms with E-state index in [4.69, 9.17) is 10.5 Å². The fraction of sp³-hybridized carbons (Fsp3) is 1.00. The standard InChI is InChI=1S/C17H34N2O/c1-16(2)8-10-17(14-18,11-9-16)20-13-7-15-6-4-5-12-19(15)3/h15H,4-14,18H2,1-3H3. The van der Waals surface area contributed by atoms with Gasteiger partial charge in [0, 0.05) is 19.2 Å². The highest BCUT2D eigenvalue weighted by molar-refractivity contribution is 4.91. The molecule has 0 aromatic carbocycles. The van der Waals surface area contributed by atoms with Crippen molar-refractivity contribution in [2.24, 2.45) is 11.1 Å². The van der Waals surface area contributed by atoms with Crippen LogP contribution in [-0.2, 0) is 4.74 Å².